The first kappa shape index (κ1) is 11.9. The van der Waals surface area contributed by atoms with Crippen molar-refractivity contribution in [2.45, 2.75) is 38.2 Å². The van der Waals surface area contributed by atoms with Crippen molar-refractivity contribution in [3.8, 4) is 0 Å². The third kappa shape index (κ3) is 2.67. The second kappa shape index (κ2) is 4.87. The summed E-state index contributed by atoms with van der Waals surface area (Å²) in [5.74, 6) is 0.969. The first-order valence-electron chi connectivity index (χ1n) is 7.29. The van der Waals surface area contributed by atoms with Crippen LogP contribution in [0.4, 0.5) is 0 Å². The summed E-state index contributed by atoms with van der Waals surface area (Å²) in [6.45, 7) is 5.90. The van der Waals surface area contributed by atoms with E-state index in [4.69, 9.17) is 4.74 Å². The van der Waals surface area contributed by atoms with Gasteiger partial charge in [0.2, 0.25) is 0 Å². The lowest BCUT2D eigenvalue weighted by atomic mass is 9.92. The normalized spacial score (nSPS) is 35.6. The van der Waals surface area contributed by atoms with E-state index in [-0.39, 0.29) is 0 Å². The summed E-state index contributed by atoms with van der Waals surface area (Å²) in [4.78, 5) is 2.51. The summed E-state index contributed by atoms with van der Waals surface area (Å²) in [5, 5.41) is 3.48. The van der Waals surface area contributed by atoms with Gasteiger partial charge < -0.3 is 15.0 Å². The Balaban J connectivity index is 1.41. The van der Waals surface area contributed by atoms with Crippen LogP contribution in [0.1, 0.15) is 32.1 Å². The molecule has 0 amide bonds. The van der Waals surface area contributed by atoms with Gasteiger partial charge in [0.05, 0.1) is 6.10 Å². The highest BCUT2D eigenvalue weighted by Gasteiger charge is 2.53. The fourth-order valence-corrected chi connectivity index (χ4v) is 3.81. The van der Waals surface area contributed by atoms with E-state index in [1.807, 2.05) is 0 Å². The van der Waals surface area contributed by atoms with Crippen molar-refractivity contribution in [3.63, 3.8) is 0 Å². The number of hydrogen-bond donors (Lipinski definition) is 1. The lowest BCUT2D eigenvalue weighted by Crippen LogP contribution is -2.34. The molecule has 17 heavy (non-hydrogen) atoms. The van der Waals surface area contributed by atoms with Gasteiger partial charge in [-0.15, -0.1) is 0 Å². The maximum Gasteiger partial charge on any atom is 0.0702 e. The molecule has 0 bridgehead atoms. The Kier molecular flexibility index (Phi) is 3.42. The molecular weight excluding hydrogens is 212 g/mol. The van der Waals surface area contributed by atoms with Gasteiger partial charge >= 0.3 is 0 Å². The summed E-state index contributed by atoms with van der Waals surface area (Å²) in [7, 11) is 2.27. The van der Waals surface area contributed by atoms with Crippen LogP contribution in [0.2, 0.25) is 0 Å². The van der Waals surface area contributed by atoms with Crippen molar-refractivity contribution in [1.82, 2.24) is 10.2 Å². The van der Waals surface area contributed by atoms with Gasteiger partial charge in [-0.1, -0.05) is 0 Å². The maximum atomic E-state index is 5.71. The van der Waals surface area contributed by atoms with Gasteiger partial charge in [-0.25, -0.2) is 0 Å². The van der Waals surface area contributed by atoms with Gasteiger partial charge in [-0.2, -0.15) is 0 Å². The Morgan fingerprint density at radius 1 is 1.29 bits per heavy atom. The molecule has 2 aliphatic heterocycles. The SMILES string of the molecule is CN(CC1CCCO1)CC1CC12CCNCC2. The number of hydrogen-bond acceptors (Lipinski definition) is 3. The average molecular weight is 238 g/mol. The Bertz CT molecular complexity index is 257. The maximum absolute atomic E-state index is 5.71. The molecule has 2 heterocycles. The van der Waals surface area contributed by atoms with Crippen molar-refractivity contribution in [3.05, 3.63) is 0 Å². The number of nitrogens with zero attached hydrogens (tertiary/aromatic N) is 1. The smallest absolute Gasteiger partial charge is 0.0702 e. The summed E-state index contributed by atoms with van der Waals surface area (Å²) in [5.41, 5.74) is 0.732. The zero-order chi connectivity index (χ0) is 11.7. The van der Waals surface area contributed by atoms with E-state index in [0.29, 0.717) is 6.10 Å². The molecule has 2 saturated heterocycles. The van der Waals surface area contributed by atoms with E-state index in [2.05, 4.69) is 17.3 Å². The fourth-order valence-electron chi connectivity index (χ4n) is 3.81. The zero-order valence-corrected chi connectivity index (χ0v) is 11.1. The molecule has 0 aromatic rings. The van der Waals surface area contributed by atoms with E-state index in [9.17, 15) is 0 Å². The minimum Gasteiger partial charge on any atom is -0.377 e. The highest BCUT2D eigenvalue weighted by atomic mass is 16.5. The third-order valence-corrected chi connectivity index (χ3v) is 5.03. The van der Waals surface area contributed by atoms with Crippen LogP contribution < -0.4 is 5.32 Å². The Labute approximate surface area is 105 Å². The topological polar surface area (TPSA) is 24.5 Å². The first-order chi connectivity index (χ1) is 8.28. The average Bonchev–Trinajstić information content (AvgIpc) is 2.78. The molecule has 2 atom stereocenters. The van der Waals surface area contributed by atoms with Crippen LogP contribution in [0.15, 0.2) is 0 Å². The monoisotopic (exact) mass is 238 g/mol. The highest BCUT2D eigenvalue weighted by molar-refractivity contribution is 5.05. The molecular formula is C14H26N2O. The molecule has 3 heteroatoms. The van der Waals surface area contributed by atoms with Crippen molar-refractivity contribution in [2.24, 2.45) is 11.3 Å². The molecule has 1 spiro atoms. The quantitative estimate of drug-likeness (QED) is 0.803. The number of likely N-dealkylation sites (N-methyl/N-ethyl adjacent to an activating group) is 1. The molecule has 3 rings (SSSR count). The lowest BCUT2D eigenvalue weighted by Gasteiger charge is -2.26. The van der Waals surface area contributed by atoms with Gasteiger partial charge in [0.15, 0.2) is 0 Å². The Hall–Kier alpha value is -0.120. The second-order valence-corrected chi connectivity index (χ2v) is 6.37. The molecule has 3 nitrogen and oxygen atoms in total. The lowest BCUT2D eigenvalue weighted by molar-refractivity contribution is 0.0782. The van der Waals surface area contributed by atoms with Crippen LogP contribution in [0.5, 0.6) is 0 Å². The van der Waals surface area contributed by atoms with Crippen molar-refractivity contribution < 1.29 is 4.74 Å². The molecule has 0 aromatic heterocycles. The molecule has 2 unspecified atom stereocenters. The van der Waals surface area contributed by atoms with E-state index >= 15 is 0 Å². The predicted octanol–water partition coefficient (Wildman–Crippen LogP) is 1.49. The van der Waals surface area contributed by atoms with Crippen molar-refractivity contribution >= 4 is 0 Å². The second-order valence-electron chi connectivity index (χ2n) is 6.37. The van der Waals surface area contributed by atoms with Crippen LogP contribution in [0, 0.1) is 11.3 Å². The summed E-state index contributed by atoms with van der Waals surface area (Å²) >= 11 is 0. The van der Waals surface area contributed by atoms with Gasteiger partial charge in [0.1, 0.15) is 0 Å². The Morgan fingerprint density at radius 2 is 2.12 bits per heavy atom. The molecule has 3 aliphatic rings. The molecule has 3 fully saturated rings. The van der Waals surface area contributed by atoms with Crippen LogP contribution >= 0.6 is 0 Å². The Morgan fingerprint density at radius 3 is 2.82 bits per heavy atom. The first-order valence-corrected chi connectivity index (χ1v) is 7.29. The molecule has 0 aromatic carbocycles. The number of ether oxygens (including phenoxy) is 1. The van der Waals surface area contributed by atoms with Crippen LogP contribution in [-0.4, -0.2) is 50.8 Å². The largest absolute Gasteiger partial charge is 0.377 e. The van der Waals surface area contributed by atoms with Gasteiger partial charge in [-0.05, 0) is 63.6 Å². The molecule has 1 saturated carbocycles. The van der Waals surface area contributed by atoms with Gasteiger partial charge in [0, 0.05) is 19.7 Å². The number of piperidine rings is 1. The van der Waals surface area contributed by atoms with Crippen molar-refractivity contribution in [2.75, 3.05) is 39.8 Å². The minimum absolute atomic E-state index is 0.516. The van der Waals surface area contributed by atoms with Crippen LogP contribution in [0.3, 0.4) is 0 Å². The third-order valence-electron chi connectivity index (χ3n) is 5.03. The predicted molar refractivity (Wildman–Crippen MR) is 69.1 cm³/mol. The van der Waals surface area contributed by atoms with Gasteiger partial charge in [-0.3, -0.25) is 0 Å². The summed E-state index contributed by atoms with van der Waals surface area (Å²) in [6, 6.07) is 0. The number of nitrogens with one attached hydrogen (secondary N) is 1. The van der Waals surface area contributed by atoms with Crippen LogP contribution in [-0.2, 0) is 4.74 Å². The zero-order valence-electron chi connectivity index (χ0n) is 11.1. The highest BCUT2D eigenvalue weighted by Crippen LogP contribution is 2.58. The van der Waals surface area contributed by atoms with E-state index in [1.54, 1.807) is 0 Å². The van der Waals surface area contributed by atoms with E-state index in [1.165, 1.54) is 51.7 Å². The fraction of sp³-hybridized carbons (Fsp3) is 1.00. The van der Waals surface area contributed by atoms with Crippen molar-refractivity contribution in [1.29, 1.82) is 0 Å². The van der Waals surface area contributed by atoms with Crippen LogP contribution in [0.25, 0.3) is 0 Å². The minimum atomic E-state index is 0.516. The molecule has 98 valence electrons. The standard InChI is InChI=1S/C14H26N2O/c1-16(11-13-3-2-8-17-13)10-12-9-14(12)4-6-15-7-5-14/h12-13,15H,2-11H2,1H3. The molecule has 1 N–H and O–H groups in total. The summed E-state index contributed by atoms with van der Waals surface area (Å²) < 4.78 is 5.71. The number of rotatable bonds is 4. The van der Waals surface area contributed by atoms with E-state index in [0.717, 1.165) is 24.5 Å². The summed E-state index contributed by atoms with van der Waals surface area (Å²) in [6.07, 6.45) is 7.34. The molecule has 1 aliphatic carbocycles. The van der Waals surface area contributed by atoms with Gasteiger partial charge in [0.25, 0.3) is 0 Å². The molecule has 0 radical (unpaired) electrons. The van der Waals surface area contributed by atoms with E-state index < -0.39 is 0 Å².